The molecule has 0 spiro atoms. The third-order valence-corrected chi connectivity index (χ3v) is 3.94. The average molecular weight is 294 g/mol. The smallest absolute Gasteiger partial charge is 0.0851 e. The number of nitrogens with zero attached hydrogens (tertiary/aromatic N) is 3. The van der Waals surface area contributed by atoms with Crippen LogP contribution in [-0.4, -0.2) is 19.9 Å². The Bertz CT molecular complexity index is 595. The van der Waals surface area contributed by atoms with Crippen LogP contribution in [0.3, 0.4) is 0 Å². The molecule has 2 aromatic heterocycles. The SMILES string of the molecule is CCc1nn(CC)c(CC(O)c2ccncc2C)c1Cl. The van der Waals surface area contributed by atoms with Crippen LogP contribution < -0.4 is 0 Å². The van der Waals surface area contributed by atoms with Gasteiger partial charge in [-0.2, -0.15) is 5.10 Å². The van der Waals surface area contributed by atoms with Crippen molar-refractivity contribution < 1.29 is 5.11 Å². The number of rotatable bonds is 5. The maximum absolute atomic E-state index is 10.5. The molecule has 20 heavy (non-hydrogen) atoms. The van der Waals surface area contributed by atoms with Crippen LogP contribution in [0, 0.1) is 6.92 Å². The predicted molar refractivity (Wildman–Crippen MR) is 79.9 cm³/mol. The topological polar surface area (TPSA) is 50.9 Å². The molecule has 0 radical (unpaired) electrons. The lowest BCUT2D eigenvalue weighted by atomic mass is 10.0. The fourth-order valence-electron chi connectivity index (χ4n) is 2.36. The molecular weight excluding hydrogens is 274 g/mol. The van der Waals surface area contributed by atoms with Gasteiger partial charge in [0.05, 0.1) is 22.5 Å². The van der Waals surface area contributed by atoms with E-state index in [4.69, 9.17) is 11.6 Å². The number of aryl methyl sites for hydroxylation is 3. The fourth-order valence-corrected chi connectivity index (χ4v) is 2.71. The van der Waals surface area contributed by atoms with Gasteiger partial charge in [-0.3, -0.25) is 9.67 Å². The third-order valence-electron chi connectivity index (χ3n) is 3.50. The van der Waals surface area contributed by atoms with Crippen LogP contribution in [0.2, 0.25) is 5.02 Å². The first-order valence-corrected chi connectivity index (χ1v) is 7.28. The summed E-state index contributed by atoms with van der Waals surface area (Å²) in [6.07, 6.45) is 4.12. The van der Waals surface area contributed by atoms with Crippen molar-refractivity contribution in [2.75, 3.05) is 0 Å². The Kier molecular flexibility index (Phi) is 4.78. The van der Waals surface area contributed by atoms with Gasteiger partial charge in [-0.15, -0.1) is 0 Å². The summed E-state index contributed by atoms with van der Waals surface area (Å²) in [7, 11) is 0. The summed E-state index contributed by atoms with van der Waals surface area (Å²) in [6.45, 7) is 6.75. The minimum atomic E-state index is -0.595. The second-order valence-corrected chi connectivity index (χ2v) is 5.21. The van der Waals surface area contributed by atoms with Crippen molar-refractivity contribution >= 4 is 11.6 Å². The summed E-state index contributed by atoms with van der Waals surface area (Å²) >= 11 is 6.37. The fraction of sp³-hybridized carbons (Fsp3) is 0.467. The highest BCUT2D eigenvalue weighted by Gasteiger charge is 2.19. The number of hydrogen-bond acceptors (Lipinski definition) is 3. The second-order valence-electron chi connectivity index (χ2n) is 4.83. The molecule has 1 N–H and O–H groups in total. The molecule has 0 amide bonds. The highest BCUT2D eigenvalue weighted by atomic mass is 35.5. The summed E-state index contributed by atoms with van der Waals surface area (Å²) in [5, 5.41) is 15.6. The van der Waals surface area contributed by atoms with Gasteiger partial charge >= 0.3 is 0 Å². The zero-order chi connectivity index (χ0) is 14.7. The van der Waals surface area contributed by atoms with E-state index in [9.17, 15) is 5.11 Å². The normalized spacial score (nSPS) is 12.7. The summed E-state index contributed by atoms with van der Waals surface area (Å²) < 4.78 is 1.88. The van der Waals surface area contributed by atoms with Crippen molar-refractivity contribution in [1.29, 1.82) is 0 Å². The van der Waals surface area contributed by atoms with Crippen LogP contribution in [0.4, 0.5) is 0 Å². The number of aliphatic hydroxyl groups excluding tert-OH is 1. The Balaban J connectivity index is 2.30. The van der Waals surface area contributed by atoms with Crippen LogP contribution in [0.5, 0.6) is 0 Å². The summed E-state index contributed by atoms with van der Waals surface area (Å²) in [6, 6.07) is 1.85. The van der Waals surface area contributed by atoms with E-state index in [1.807, 2.05) is 31.5 Å². The van der Waals surface area contributed by atoms with Gasteiger partial charge in [-0.1, -0.05) is 18.5 Å². The molecule has 0 aromatic carbocycles. The summed E-state index contributed by atoms with van der Waals surface area (Å²) in [4.78, 5) is 4.05. The first kappa shape index (κ1) is 15.0. The molecule has 1 atom stereocenters. The predicted octanol–water partition coefficient (Wildman–Crippen LogP) is 3.10. The van der Waals surface area contributed by atoms with E-state index < -0.39 is 6.10 Å². The Morgan fingerprint density at radius 1 is 1.40 bits per heavy atom. The van der Waals surface area contributed by atoms with Crippen molar-refractivity contribution in [2.45, 2.75) is 46.3 Å². The largest absolute Gasteiger partial charge is 0.388 e. The van der Waals surface area contributed by atoms with Crippen molar-refractivity contribution in [3.63, 3.8) is 0 Å². The van der Waals surface area contributed by atoms with Crippen molar-refractivity contribution in [3.8, 4) is 0 Å². The number of hydrogen-bond donors (Lipinski definition) is 1. The van der Waals surface area contributed by atoms with Gasteiger partial charge in [0, 0.05) is 25.4 Å². The third kappa shape index (κ3) is 2.86. The van der Waals surface area contributed by atoms with Crippen molar-refractivity contribution in [1.82, 2.24) is 14.8 Å². The molecule has 0 aliphatic rings. The van der Waals surface area contributed by atoms with Crippen molar-refractivity contribution in [3.05, 3.63) is 46.0 Å². The summed E-state index contributed by atoms with van der Waals surface area (Å²) in [5.74, 6) is 0. The first-order chi connectivity index (χ1) is 9.58. The van der Waals surface area contributed by atoms with Crippen LogP contribution >= 0.6 is 11.6 Å². The van der Waals surface area contributed by atoms with Crippen LogP contribution in [0.1, 0.15) is 42.5 Å². The molecule has 2 rings (SSSR count). The molecule has 4 nitrogen and oxygen atoms in total. The monoisotopic (exact) mass is 293 g/mol. The van der Waals surface area contributed by atoms with Crippen LogP contribution in [-0.2, 0) is 19.4 Å². The minimum absolute atomic E-state index is 0.463. The Morgan fingerprint density at radius 2 is 2.15 bits per heavy atom. The quantitative estimate of drug-likeness (QED) is 0.921. The summed E-state index contributed by atoms with van der Waals surface area (Å²) in [5.41, 5.74) is 3.66. The van der Waals surface area contributed by atoms with Crippen LogP contribution in [0.15, 0.2) is 18.5 Å². The molecule has 2 aromatic rings. The molecule has 5 heteroatoms. The zero-order valence-electron chi connectivity index (χ0n) is 12.1. The van der Waals surface area contributed by atoms with E-state index in [-0.39, 0.29) is 0 Å². The molecule has 0 bridgehead atoms. The maximum atomic E-state index is 10.5. The van der Waals surface area contributed by atoms with Crippen molar-refractivity contribution in [2.24, 2.45) is 0 Å². The highest BCUT2D eigenvalue weighted by molar-refractivity contribution is 6.31. The van der Waals surface area contributed by atoms with E-state index >= 15 is 0 Å². The lowest BCUT2D eigenvalue weighted by Crippen LogP contribution is -2.10. The maximum Gasteiger partial charge on any atom is 0.0851 e. The van der Waals surface area contributed by atoms with E-state index in [0.29, 0.717) is 11.4 Å². The molecule has 2 heterocycles. The van der Waals surface area contributed by atoms with Gasteiger partial charge in [0.25, 0.3) is 0 Å². The Morgan fingerprint density at radius 3 is 2.75 bits per heavy atom. The van der Waals surface area contributed by atoms with E-state index in [1.54, 1.807) is 12.4 Å². The number of aliphatic hydroxyl groups is 1. The zero-order valence-corrected chi connectivity index (χ0v) is 12.9. The molecule has 108 valence electrons. The molecular formula is C15H20ClN3O. The van der Waals surface area contributed by atoms with Gasteiger partial charge in [0.1, 0.15) is 0 Å². The molecule has 0 aliphatic heterocycles. The van der Waals surface area contributed by atoms with Gasteiger partial charge in [0.15, 0.2) is 0 Å². The first-order valence-electron chi connectivity index (χ1n) is 6.91. The highest BCUT2D eigenvalue weighted by Crippen LogP contribution is 2.27. The molecule has 0 saturated carbocycles. The molecule has 0 saturated heterocycles. The number of aromatic nitrogens is 3. The lowest BCUT2D eigenvalue weighted by Gasteiger charge is -2.14. The van der Waals surface area contributed by atoms with Gasteiger partial charge in [0.2, 0.25) is 0 Å². The number of halogens is 1. The minimum Gasteiger partial charge on any atom is -0.388 e. The van der Waals surface area contributed by atoms with Gasteiger partial charge < -0.3 is 5.11 Å². The molecule has 0 aliphatic carbocycles. The Hall–Kier alpha value is -1.39. The van der Waals surface area contributed by atoms with E-state index in [0.717, 1.165) is 35.5 Å². The van der Waals surface area contributed by atoms with Gasteiger partial charge in [-0.05, 0) is 37.5 Å². The lowest BCUT2D eigenvalue weighted by molar-refractivity contribution is 0.174. The Labute approximate surface area is 124 Å². The molecule has 1 unspecified atom stereocenters. The average Bonchev–Trinajstić information content (AvgIpc) is 2.75. The standard InChI is InChI=1S/C15H20ClN3O/c1-4-12-15(16)13(19(5-2)18-12)8-14(20)11-6-7-17-9-10(11)3/h6-7,9,14,20H,4-5,8H2,1-3H3. The second kappa shape index (κ2) is 6.37. The van der Waals surface area contributed by atoms with E-state index in [1.165, 1.54) is 0 Å². The molecule has 0 fully saturated rings. The van der Waals surface area contributed by atoms with Crippen LogP contribution in [0.25, 0.3) is 0 Å². The van der Waals surface area contributed by atoms with E-state index in [2.05, 4.69) is 10.1 Å². The van der Waals surface area contributed by atoms with Gasteiger partial charge in [-0.25, -0.2) is 0 Å². The number of pyridine rings is 1.